The molecule has 3 rings (SSSR count). The quantitative estimate of drug-likeness (QED) is 0.902. The first-order valence-corrected chi connectivity index (χ1v) is 9.14. The van der Waals surface area contributed by atoms with Crippen molar-refractivity contribution < 1.29 is 17.2 Å². The summed E-state index contributed by atoms with van der Waals surface area (Å²) in [5, 5.41) is 3.36. The molecule has 4 nitrogen and oxygen atoms in total. The average Bonchev–Trinajstić information content (AvgIpc) is 3.33. The van der Waals surface area contributed by atoms with Crippen molar-refractivity contribution in [1.29, 1.82) is 0 Å². The summed E-state index contributed by atoms with van der Waals surface area (Å²) in [5.74, 6) is -3.38. The van der Waals surface area contributed by atoms with Crippen molar-refractivity contribution in [2.45, 2.75) is 48.4 Å². The molecule has 1 aromatic rings. The van der Waals surface area contributed by atoms with Gasteiger partial charge in [-0.3, -0.25) is 0 Å². The molecule has 0 atom stereocenters. The highest BCUT2D eigenvalue weighted by atomic mass is 32.2. The van der Waals surface area contributed by atoms with E-state index in [1.165, 1.54) is 25.0 Å². The highest BCUT2D eigenvalue weighted by molar-refractivity contribution is 7.91. The van der Waals surface area contributed by atoms with Crippen LogP contribution in [0.15, 0.2) is 29.2 Å². The van der Waals surface area contributed by atoms with Crippen LogP contribution >= 0.6 is 0 Å². The highest BCUT2D eigenvalue weighted by Crippen LogP contribution is 2.30. The summed E-state index contributed by atoms with van der Waals surface area (Å²) in [6.07, 6.45) is 4.73. The van der Waals surface area contributed by atoms with Crippen LogP contribution in [0.5, 0.6) is 0 Å². The largest absolute Gasteiger partial charge is 0.382 e. The molecule has 1 aliphatic carbocycles. The van der Waals surface area contributed by atoms with E-state index in [1.807, 2.05) is 0 Å². The van der Waals surface area contributed by atoms with Gasteiger partial charge >= 0.3 is 5.76 Å². The molecule has 1 aliphatic heterocycles. The van der Waals surface area contributed by atoms with Crippen LogP contribution in [-0.4, -0.2) is 44.2 Å². The second kappa shape index (κ2) is 6.12. The van der Waals surface area contributed by atoms with E-state index in [1.54, 1.807) is 12.1 Å². The fourth-order valence-corrected chi connectivity index (χ4v) is 3.65. The summed E-state index contributed by atoms with van der Waals surface area (Å²) in [6.45, 7) is 2.17. The molecule has 1 aromatic carbocycles. The van der Waals surface area contributed by atoms with Crippen LogP contribution in [0.2, 0.25) is 0 Å². The van der Waals surface area contributed by atoms with Crippen LogP contribution in [0.3, 0.4) is 0 Å². The number of hydrogen-bond donors (Lipinski definition) is 1. The Labute approximate surface area is 129 Å². The van der Waals surface area contributed by atoms with Gasteiger partial charge in [-0.25, -0.2) is 8.42 Å². The highest BCUT2D eigenvalue weighted by Gasteiger charge is 2.31. The number of benzene rings is 1. The predicted molar refractivity (Wildman–Crippen MR) is 80.9 cm³/mol. The lowest BCUT2D eigenvalue weighted by Gasteiger charge is -2.32. The first kappa shape index (κ1) is 15.7. The topological polar surface area (TPSA) is 49.4 Å². The number of hydrogen-bond acceptors (Lipinski definition) is 4. The minimum Gasteiger partial charge on any atom is -0.382 e. The van der Waals surface area contributed by atoms with Crippen LogP contribution in [-0.2, 0) is 9.84 Å². The van der Waals surface area contributed by atoms with E-state index in [0.29, 0.717) is 6.04 Å². The lowest BCUT2D eigenvalue weighted by molar-refractivity contribution is 0.210. The Morgan fingerprint density at radius 2 is 1.64 bits per heavy atom. The van der Waals surface area contributed by atoms with Gasteiger partial charge in [-0.05, 0) is 49.9 Å². The van der Waals surface area contributed by atoms with Crippen molar-refractivity contribution in [1.82, 2.24) is 4.90 Å². The molecule has 1 N–H and O–H groups in total. The molecule has 122 valence electrons. The molecular formula is C15H20F2N2O2S. The second-order valence-corrected chi connectivity index (χ2v) is 7.93. The number of nitrogens with zero attached hydrogens (tertiary/aromatic N) is 1. The molecule has 0 radical (unpaired) electrons. The number of rotatable bonds is 5. The zero-order valence-electron chi connectivity index (χ0n) is 12.2. The smallest absolute Gasteiger partial charge is 0.341 e. The predicted octanol–water partition coefficient (Wildman–Crippen LogP) is 2.72. The van der Waals surface area contributed by atoms with Crippen LogP contribution < -0.4 is 5.32 Å². The van der Waals surface area contributed by atoms with E-state index < -0.39 is 15.6 Å². The van der Waals surface area contributed by atoms with Gasteiger partial charge in [-0.15, -0.1) is 0 Å². The number of nitrogens with one attached hydrogen (secondary N) is 1. The molecule has 7 heteroatoms. The molecule has 2 aliphatic rings. The lowest BCUT2D eigenvalue weighted by atomic mass is 10.0. The summed E-state index contributed by atoms with van der Waals surface area (Å²) in [6, 6.07) is 6.74. The minimum atomic E-state index is -4.50. The van der Waals surface area contributed by atoms with Gasteiger partial charge in [0.25, 0.3) is 0 Å². The molecule has 22 heavy (non-hydrogen) atoms. The molecule has 1 saturated carbocycles. The van der Waals surface area contributed by atoms with E-state index in [-0.39, 0.29) is 4.90 Å². The van der Waals surface area contributed by atoms with E-state index in [0.717, 1.165) is 37.7 Å². The molecule has 1 saturated heterocycles. The summed E-state index contributed by atoms with van der Waals surface area (Å²) >= 11 is 0. The third-order valence-corrected chi connectivity index (χ3v) is 5.78. The van der Waals surface area contributed by atoms with Gasteiger partial charge in [-0.2, -0.15) is 8.78 Å². The zero-order valence-corrected chi connectivity index (χ0v) is 13.0. The van der Waals surface area contributed by atoms with Gasteiger partial charge in [0.15, 0.2) is 0 Å². The maximum atomic E-state index is 12.5. The van der Waals surface area contributed by atoms with Crippen LogP contribution in [0.4, 0.5) is 14.5 Å². The SMILES string of the molecule is O=S(=O)(c1ccc(NC2CCN(C3CC3)CC2)cc1)C(F)F. The Bertz CT molecular complexity index is 607. The fourth-order valence-electron chi connectivity index (χ4n) is 2.93. The van der Waals surface area contributed by atoms with E-state index in [4.69, 9.17) is 0 Å². The van der Waals surface area contributed by atoms with Crippen molar-refractivity contribution in [3.63, 3.8) is 0 Å². The van der Waals surface area contributed by atoms with Crippen molar-refractivity contribution in [3.8, 4) is 0 Å². The van der Waals surface area contributed by atoms with Crippen molar-refractivity contribution >= 4 is 15.5 Å². The zero-order chi connectivity index (χ0) is 15.7. The third-order valence-electron chi connectivity index (χ3n) is 4.38. The van der Waals surface area contributed by atoms with Gasteiger partial charge in [0.2, 0.25) is 9.84 Å². The normalized spacial score (nSPS) is 21.2. The number of sulfone groups is 1. The maximum absolute atomic E-state index is 12.5. The van der Waals surface area contributed by atoms with Gasteiger partial charge in [0.05, 0.1) is 4.90 Å². The number of piperidine rings is 1. The minimum absolute atomic E-state index is 0.336. The Balaban J connectivity index is 1.57. The van der Waals surface area contributed by atoms with Gasteiger partial charge in [0.1, 0.15) is 0 Å². The Kier molecular flexibility index (Phi) is 4.36. The van der Waals surface area contributed by atoms with Crippen LogP contribution in [0.25, 0.3) is 0 Å². The molecule has 0 bridgehead atoms. The number of alkyl halides is 2. The Morgan fingerprint density at radius 1 is 1.05 bits per heavy atom. The van der Waals surface area contributed by atoms with E-state index in [9.17, 15) is 17.2 Å². The molecule has 0 unspecified atom stereocenters. The van der Waals surface area contributed by atoms with E-state index in [2.05, 4.69) is 10.2 Å². The maximum Gasteiger partial charge on any atom is 0.341 e. The molecular weight excluding hydrogens is 310 g/mol. The van der Waals surface area contributed by atoms with Crippen LogP contribution in [0.1, 0.15) is 25.7 Å². The monoisotopic (exact) mass is 330 g/mol. The number of anilines is 1. The molecule has 2 fully saturated rings. The summed E-state index contributed by atoms with van der Waals surface area (Å²) in [4.78, 5) is 2.19. The summed E-state index contributed by atoms with van der Waals surface area (Å²) in [7, 11) is -4.50. The standard InChI is InChI=1S/C15H20F2N2O2S/c16-15(17)22(20,21)14-5-1-11(2-6-14)18-12-7-9-19(10-8-12)13-3-4-13/h1-2,5-6,12-13,15,18H,3-4,7-10H2. The average molecular weight is 330 g/mol. The second-order valence-electron chi connectivity index (χ2n) is 6.02. The summed E-state index contributed by atoms with van der Waals surface area (Å²) in [5.41, 5.74) is 0.776. The molecule has 0 aromatic heterocycles. The van der Waals surface area contributed by atoms with Crippen molar-refractivity contribution in [2.24, 2.45) is 0 Å². The van der Waals surface area contributed by atoms with Crippen molar-refractivity contribution in [3.05, 3.63) is 24.3 Å². The fraction of sp³-hybridized carbons (Fsp3) is 0.600. The molecule has 0 amide bonds. The number of halogens is 2. The Morgan fingerprint density at radius 3 is 2.14 bits per heavy atom. The van der Waals surface area contributed by atoms with Gasteiger partial charge < -0.3 is 10.2 Å². The summed E-state index contributed by atoms with van der Waals surface area (Å²) < 4.78 is 47.7. The lowest BCUT2D eigenvalue weighted by Crippen LogP contribution is -2.40. The van der Waals surface area contributed by atoms with E-state index >= 15 is 0 Å². The molecule has 1 heterocycles. The first-order valence-electron chi connectivity index (χ1n) is 7.59. The first-order chi connectivity index (χ1) is 10.5. The van der Waals surface area contributed by atoms with Crippen LogP contribution in [0, 0.1) is 0 Å². The Hall–Kier alpha value is -1.21. The van der Waals surface area contributed by atoms with Gasteiger partial charge in [0, 0.05) is 30.9 Å². The van der Waals surface area contributed by atoms with Gasteiger partial charge in [-0.1, -0.05) is 0 Å². The van der Waals surface area contributed by atoms with Crippen molar-refractivity contribution in [2.75, 3.05) is 18.4 Å². The number of likely N-dealkylation sites (tertiary alicyclic amines) is 1. The molecule has 0 spiro atoms. The third kappa shape index (κ3) is 3.41.